The van der Waals surface area contributed by atoms with Gasteiger partial charge in [0.15, 0.2) is 0 Å². The fourth-order valence-electron chi connectivity index (χ4n) is 2.57. The lowest BCUT2D eigenvalue weighted by molar-refractivity contribution is 0.0532. The number of likely N-dealkylation sites (tertiary alicyclic amines) is 1. The highest BCUT2D eigenvalue weighted by atomic mass is 35.5. The summed E-state index contributed by atoms with van der Waals surface area (Å²) in [5, 5.41) is 0. The van der Waals surface area contributed by atoms with Gasteiger partial charge in [-0.15, -0.1) is 12.4 Å². The minimum absolute atomic E-state index is 0. The molecule has 1 fully saturated rings. The maximum atomic E-state index is 12.4. The zero-order valence-corrected chi connectivity index (χ0v) is 11.8. The number of nitrogens with zero attached hydrogens (tertiary/aromatic N) is 1. The zero-order valence-electron chi connectivity index (χ0n) is 11.0. The molecule has 1 aromatic rings. The van der Waals surface area contributed by atoms with Gasteiger partial charge in [0.25, 0.3) is 5.91 Å². The number of aromatic amines is 1. The SMILES string of the molecule is CC1CCCN(C(=O)c2ccc(=O)[nH]c2)C1CN.Cl. The number of piperidine rings is 1. The van der Waals surface area contributed by atoms with E-state index in [-0.39, 0.29) is 29.9 Å². The van der Waals surface area contributed by atoms with Crippen LogP contribution in [0.25, 0.3) is 0 Å². The molecule has 5 nitrogen and oxygen atoms in total. The van der Waals surface area contributed by atoms with Gasteiger partial charge in [-0.2, -0.15) is 0 Å². The van der Waals surface area contributed by atoms with Crippen molar-refractivity contribution < 1.29 is 4.79 Å². The molecule has 0 radical (unpaired) electrons. The van der Waals surface area contributed by atoms with E-state index in [1.54, 1.807) is 6.07 Å². The van der Waals surface area contributed by atoms with Crippen molar-refractivity contribution in [3.8, 4) is 0 Å². The number of rotatable bonds is 2. The number of pyridine rings is 1. The third kappa shape index (κ3) is 3.36. The van der Waals surface area contributed by atoms with E-state index in [2.05, 4.69) is 11.9 Å². The van der Waals surface area contributed by atoms with Gasteiger partial charge >= 0.3 is 0 Å². The standard InChI is InChI=1S/C13H19N3O2.ClH/c1-9-3-2-6-16(11(9)7-14)13(18)10-4-5-12(17)15-8-10;/h4-5,8-9,11H,2-3,6-7,14H2,1H3,(H,15,17);1H. The number of hydrogen-bond donors (Lipinski definition) is 2. The van der Waals surface area contributed by atoms with Gasteiger partial charge in [-0.3, -0.25) is 9.59 Å². The molecule has 0 aliphatic carbocycles. The summed E-state index contributed by atoms with van der Waals surface area (Å²) in [6, 6.07) is 3.03. The quantitative estimate of drug-likeness (QED) is 0.851. The molecular formula is C13H20ClN3O2. The lowest BCUT2D eigenvalue weighted by Gasteiger charge is -2.39. The lowest BCUT2D eigenvalue weighted by Crippen LogP contribution is -2.51. The first-order valence-corrected chi connectivity index (χ1v) is 6.33. The second-order valence-electron chi connectivity index (χ2n) is 4.86. The van der Waals surface area contributed by atoms with Gasteiger partial charge in [0, 0.05) is 31.4 Å². The highest BCUT2D eigenvalue weighted by Crippen LogP contribution is 2.23. The predicted octanol–water partition coefficient (Wildman–Crippen LogP) is 0.996. The van der Waals surface area contributed by atoms with Crippen LogP contribution in [-0.2, 0) is 0 Å². The van der Waals surface area contributed by atoms with Crippen LogP contribution in [-0.4, -0.2) is 34.9 Å². The van der Waals surface area contributed by atoms with Crippen molar-refractivity contribution in [1.82, 2.24) is 9.88 Å². The van der Waals surface area contributed by atoms with Crippen molar-refractivity contribution in [2.75, 3.05) is 13.1 Å². The van der Waals surface area contributed by atoms with E-state index in [9.17, 15) is 9.59 Å². The molecule has 1 aliphatic heterocycles. The number of aromatic nitrogens is 1. The molecule has 3 N–H and O–H groups in total. The maximum Gasteiger partial charge on any atom is 0.255 e. The minimum atomic E-state index is -0.200. The molecule has 106 valence electrons. The largest absolute Gasteiger partial charge is 0.334 e. The van der Waals surface area contributed by atoms with Crippen LogP contribution in [0.1, 0.15) is 30.1 Å². The number of nitrogens with one attached hydrogen (secondary N) is 1. The number of H-pyrrole nitrogens is 1. The van der Waals surface area contributed by atoms with Gasteiger partial charge in [0.05, 0.1) is 5.56 Å². The van der Waals surface area contributed by atoms with E-state index < -0.39 is 0 Å². The summed E-state index contributed by atoms with van der Waals surface area (Å²) in [5.74, 6) is 0.378. The average molecular weight is 286 g/mol. The number of carbonyl (C=O) groups excluding carboxylic acids is 1. The Morgan fingerprint density at radius 2 is 2.26 bits per heavy atom. The Balaban J connectivity index is 0.00000180. The van der Waals surface area contributed by atoms with E-state index >= 15 is 0 Å². The van der Waals surface area contributed by atoms with E-state index in [1.165, 1.54) is 12.3 Å². The van der Waals surface area contributed by atoms with Crippen LogP contribution in [0.5, 0.6) is 0 Å². The molecule has 2 unspecified atom stereocenters. The van der Waals surface area contributed by atoms with Crippen molar-refractivity contribution in [2.45, 2.75) is 25.8 Å². The Labute approximate surface area is 118 Å². The molecular weight excluding hydrogens is 266 g/mol. The van der Waals surface area contributed by atoms with Gasteiger partial charge in [0.2, 0.25) is 5.56 Å². The third-order valence-corrected chi connectivity index (χ3v) is 3.65. The van der Waals surface area contributed by atoms with Crippen LogP contribution < -0.4 is 11.3 Å². The Hall–Kier alpha value is -1.33. The van der Waals surface area contributed by atoms with Crippen LogP contribution in [0.3, 0.4) is 0 Å². The lowest BCUT2D eigenvalue weighted by atomic mass is 9.90. The Morgan fingerprint density at radius 3 is 2.84 bits per heavy atom. The molecule has 1 amide bonds. The zero-order chi connectivity index (χ0) is 13.1. The molecule has 1 aliphatic rings. The van der Waals surface area contributed by atoms with Crippen LogP contribution in [0.15, 0.2) is 23.1 Å². The first kappa shape index (κ1) is 15.7. The number of amides is 1. The van der Waals surface area contributed by atoms with Gasteiger partial charge in [-0.1, -0.05) is 6.92 Å². The summed E-state index contributed by atoms with van der Waals surface area (Å²) in [4.78, 5) is 27.7. The normalized spacial score (nSPS) is 22.7. The van der Waals surface area contributed by atoms with E-state index in [0.717, 1.165) is 19.4 Å². The number of nitrogens with two attached hydrogens (primary N) is 1. The molecule has 1 saturated heterocycles. The molecule has 2 atom stereocenters. The van der Waals surface area contributed by atoms with Crippen molar-refractivity contribution in [1.29, 1.82) is 0 Å². The molecule has 6 heteroatoms. The van der Waals surface area contributed by atoms with E-state index in [1.807, 2.05) is 4.90 Å². The van der Waals surface area contributed by atoms with Crippen molar-refractivity contribution in [3.05, 3.63) is 34.2 Å². The smallest absolute Gasteiger partial charge is 0.255 e. The number of carbonyl (C=O) groups is 1. The van der Waals surface area contributed by atoms with Crippen molar-refractivity contribution in [3.63, 3.8) is 0 Å². The predicted molar refractivity (Wildman–Crippen MR) is 76.6 cm³/mol. The van der Waals surface area contributed by atoms with Gasteiger partial charge in [-0.25, -0.2) is 0 Å². The summed E-state index contributed by atoms with van der Waals surface area (Å²) in [7, 11) is 0. The summed E-state index contributed by atoms with van der Waals surface area (Å²) in [6.07, 6.45) is 3.58. The average Bonchev–Trinajstić information content (AvgIpc) is 2.38. The number of halogens is 1. The second kappa shape index (κ2) is 6.73. The summed E-state index contributed by atoms with van der Waals surface area (Å²) >= 11 is 0. The van der Waals surface area contributed by atoms with Crippen LogP contribution in [0, 0.1) is 5.92 Å². The third-order valence-electron chi connectivity index (χ3n) is 3.65. The molecule has 0 aromatic carbocycles. The van der Waals surface area contributed by atoms with E-state index in [0.29, 0.717) is 18.0 Å². The molecule has 2 rings (SSSR count). The molecule has 0 spiro atoms. The van der Waals surface area contributed by atoms with Crippen LogP contribution in [0.2, 0.25) is 0 Å². The van der Waals surface area contributed by atoms with Crippen molar-refractivity contribution in [2.24, 2.45) is 11.7 Å². The molecule has 2 heterocycles. The Bertz CT molecular complexity index is 469. The van der Waals surface area contributed by atoms with Crippen LogP contribution >= 0.6 is 12.4 Å². The van der Waals surface area contributed by atoms with Crippen LogP contribution in [0.4, 0.5) is 0 Å². The summed E-state index contributed by atoms with van der Waals surface area (Å²) < 4.78 is 0. The molecule has 1 aromatic heterocycles. The second-order valence-corrected chi connectivity index (χ2v) is 4.86. The molecule has 0 bridgehead atoms. The monoisotopic (exact) mass is 285 g/mol. The minimum Gasteiger partial charge on any atom is -0.334 e. The van der Waals surface area contributed by atoms with Gasteiger partial charge in [0.1, 0.15) is 0 Å². The topological polar surface area (TPSA) is 79.2 Å². The van der Waals surface area contributed by atoms with E-state index in [4.69, 9.17) is 5.73 Å². The molecule has 19 heavy (non-hydrogen) atoms. The highest BCUT2D eigenvalue weighted by Gasteiger charge is 2.31. The molecule has 0 saturated carbocycles. The summed E-state index contributed by atoms with van der Waals surface area (Å²) in [6.45, 7) is 3.35. The number of hydrogen-bond acceptors (Lipinski definition) is 3. The highest BCUT2D eigenvalue weighted by molar-refractivity contribution is 5.94. The fraction of sp³-hybridized carbons (Fsp3) is 0.538. The first-order valence-electron chi connectivity index (χ1n) is 6.33. The summed E-state index contributed by atoms with van der Waals surface area (Å²) in [5.41, 5.74) is 6.09. The Morgan fingerprint density at radius 1 is 1.53 bits per heavy atom. The van der Waals surface area contributed by atoms with Gasteiger partial charge < -0.3 is 15.6 Å². The Kier molecular flexibility index (Phi) is 5.57. The fourth-order valence-corrected chi connectivity index (χ4v) is 2.57. The maximum absolute atomic E-state index is 12.4. The van der Waals surface area contributed by atoms with Gasteiger partial charge in [-0.05, 0) is 24.8 Å². The first-order chi connectivity index (χ1) is 8.63. The van der Waals surface area contributed by atoms with Crippen molar-refractivity contribution >= 4 is 18.3 Å².